The van der Waals surface area contributed by atoms with Crippen LogP contribution in [0.15, 0.2) is 66.7 Å². The highest BCUT2D eigenvalue weighted by molar-refractivity contribution is 5.28. The standard InChI is InChI=1S/C18H20/c1-2-3-5-8-16-11-13-18(14-12-16)15-17-9-6-4-7-10-17/h2-4,6-7,9-14H,5,8,15H2,1H3. The average Bonchev–Trinajstić information content (AvgIpc) is 2.42. The number of benzene rings is 2. The first-order chi connectivity index (χ1) is 8.88. The first-order valence-corrected chi connectivity index (χ1v) is 6.61. The molecule has 0 amide bonds. The van der Waals surface area contributed by atoms with Crippen molar-refractivity contribution in [2.24, 2.45) is 0 Å². The summed E-state index contributed by atoms with van der Waals surface area (Å²) in [5, 5.41) is 0. The Morgan fingerprint density at radius 3 is 2.06 bits per heavy atom. The van der Waals surface area contributed by atoms with Crippen molar-refractivity contribution in [3.63, 3.8) is 0 Å². The van der Waals surface area contributed by atoms with E-state index in [1.54, 1.807) is 0 Å². The fourth-order valence-corrected chi connectivity index (χ4v) is 2.07. The first-order valence-electron chi connectivity index (χ1n) is 6.61. The van der Waals surface area contributed by atoms with Crippen LogP contribution in [0.25, 0.3) is 0 Å². The monoisotopic (exact) mass is 236 g/mol. The van der Waals surface area contributed by atoms with E-state index in [9.17, 15) is 0 Å². The van der Waals surface area contributed by atoms with Gasteiger partial charge in [0.2, 0.25) is 0 Å². The maximum atomic E-state index is 2.25. The van der Waals surface area contributed by atoms with Crippen LogP contribution in [-0.4, -0.2) is 0 Å². The molecule has 0 radical (unpaired) electrons. The number of aryl methyl sites for hydroxylation is 1. The van der Waals surface area contributed by atoms with Gasteiger partial charge in [0, 0.05) is 0 Å². The lowest BCUT2D eigenvalue weighted by molar-refractivity contribution is 0.996. The van der Waals surface area contributed by atoms with Gasteiger partial charge in [-0.2, -0.15) is 0 Å². The van der Waals surface area contributed by atoms with E-state index in [-0.39, 0.29) is 0 Å². The van der Waals surface area contributed by atoms with Crippen LogP contribution in [0, 0.1) is 0 Å². The predicted molar refractivity (Wildman–Crippen MR) is 78.8 cm³/mol. The summed E-state index contributed by atoms with van der Waals surface area (Å²) < 4.78 is 0. The molecule has 0 heteroatoms. The van der Waals surface area contributed by atoms with E-state index >= 15 is 0 Å². The Bertz CT molecular complexity index is 477. The highest BCUT2D eigenvalue weighted by Gasteiger charge is 1.96. The molecule has 2 aromatic carbocycles. The third kappa shape index (κ3) is 3.89. The Balaban J connectivity index is 1.95. The quantitative estimate of drug-likeness (QED) is 0.655. The second kappa shape index (κ2) is 6.80. The predicted octanol–water partition coefficient (Wildman–Crippen LogP) is 4.79. The highest BCUT2D eigenvalue weighted by atomic mass is 14.0. The molecule has 0 aliphatic rings. The molecular weight excluding hydrogens is 216 g/mol. The van der Waals surface area contributed by atoms with Crippen molar-refractivity contribution in [1.29, 1.82) is 0 Å². The molecule has 0 atom stereocenters. The second-order valence-corrected chi connectivity index (χ2v) is 4.59. The van der Waals surface area contributed by atoms with Crippen LogP contribution in [0.4, 0.5) is 0 Å². The molecule has 0 aliphatic carbocycles. The molecule has 0 heterocycles. The average molecular weight is 236 g/mol. The van der Waals surface area contributed by atoms with Crippen LogP contribution < -0.4 is 0 Å². The van der Waals surface area contributed by atoms with E-state index in [0.29, 0.717) is 0 Å². The number of hydrogen-bond acceptors (Lipinski definition) is 0. The fraction of sp³-hybridized carbons (Fsp3) is 0.222. The van der Waals surface area contributed by atoms with Gasteiger partial charge in [-0.3, -0.25) is 0 Å². The summed E-state index contributed by atoms with van der Waals surface area (Å²) in [6, 6.07) is 19.6. The molecule has 0 saturated heterocycles. The van der Waals surface area contributed by atoms with Crippen molar-refractivity contribution >= 4 is 0 Å². The van der Waals surface area contributed by atoms with Gasteiger partial charge in [-0.15, -0.1) is 0 Å². The third-order valence-electron chi connectivity index (χ3n) is 3.11. The molecule has 0 spiro atoms. The largest absolute Gasteiger partial charge is 0.0917 e. The van der Waals surface area contributed by atoms with Gasteiger partial charge in [-0.25, -0.2) is 0 Å². The normalized spacial score (nSPS) is 10.9. The zero-order chi connectivity index (χ0) is 12.6. The molecule has 0 unspecified atom stereocenters. The highest BCUT2D eigenvalue weighted by Crippen LogP contribution is 2.11. The topological polar surface area (TPSA) is 0 Å². The summed E-state index contributed by atoms with van der Waals surface area (Å²) in [5.74, 6) is 0. The Morgan fingerprint density at radius 1 is 0.778 bits per heavy atom. The Morgan fingerprint density at radius 2 is 1.39 bits per heavy atom. The third-order valence-corrected chi connectivity index (χ3v) is 3.11. The zero-order valence-electron chi connectivity index (χ0n) is 11.0. The van der Waals surface area contributed by atoms with Crippen LogP contribution in [0.2, 0.25) is 0 Å². The van der Waals surface area contributed by atoms with E-state index in [0.717, 1.165) is 19.3 Å². The molecule has 0 nitrogen and oxygen atoms in total. The minimum Gasteiger partial charge on any atom is -0.0917 e. The summed E-state index contributed by atoms with van der Waals surface area (Å²) >= 11 is 0. The van der Waals surface area contributed by atoms with E-state index in [2.05, 4.69) is 73.7 Å². The molecule has 2 rings (SSSR count). The summed E-state index contributed by atoms with van der Waals surface area (Å²) in [6.07, 6.45) is 7.63. The zero-order valence-corrected chi connectivity index (χ0v) is 11.0. The van der Waals surface area contributed by atoms with Crippen molar-refractivity contribution in [3.8, 4) is 0 Å². The molecule has 0 aromatic heterocycles. The summed E-state index contributed by atoms with van der Waals surface area (Å²) in [6.45, 7) is 2.07. The lowest BCUT2D eigenvalue weighted by Crippen LogP contribution is -1.89. The minimum absolute atomic E-state index is 1.02. The number of rotatable bonds is 5. The molecule has 2 aromatic rings. The van der Waals surface area contributed by atoms with E-state index in [4.69, 9.17) is 0 Å². The van der Waals surface area contributed by atoms with Crippen molar-refractivity contribution in [2.45, 2.75) is 26.2 Å². The minimum atomic E-state index is 1.02. The fourth-order valence-electron chi connectivity index (χ4n) is 2.07. The Kier molecular flexibility index (Phi) is 4.78. The van der Waals surface area contributed by atoms with Crippen molar-refractivity contribution in [2.75, 3.05) is 0 Å². The van der Waals surface area contributed by atoms with E-state index in [1.165, 1.54) is 16.7 Å². The van der Waals surface area contributed by atoms with Crippen LogP contribution in [0.3, 0.4) is 0 Å². The summed E-state index contributed by atoms with van der Waals surface area (Å²) in [5.41, 5.74) is 4.18. The van der Waals surface area contributed by atoms with Crippen molar-refractivity contribution in [1.82, 2.24) is 0 Å². The van der Waals surface area contributed by atoms with Crippen LogP contribution in [-0.2, 0) is 12.8 Å². The second-order valence-electron chi connectivity index (χ2n) is 4.59. The molecule has 0 saturated carbocycles. The van der Waals surface area contributed by atoms with Gasteiger partial charge in [0.05, 0.1) is 0 Å². The maximum Gasteiger partial charge on any atom is -0.00258 e. The lowest BCUT2D eigenvalue weighted by atomic mass is 10.0. The molecule has 0 N–H and O–H groups in total. The van der Waals surface area contributed by atoms with Gasteiger partial charge < -0.3 is 0 Å². The smallest absolute Gasteiger partial charge is 0.00258 e. The summed E-state index contributed by atoms with van der Waals surface area (Å²) in [4.78, 5) is 0. The molecule has 0 aliphatic heterocycles. The molecule has 0 bridgehead atoms. The molecule has 18 heavy (non-hydrogen) atoms. The number of allylic oxidation sites excluding steroid dienone is 2. The first kappa shape index (κ1) is 12.6. The van der Waals surface area contributed by atoms with Crippen LogP contribution in [0.5, 0.6) is 0 Å². The van der Waals surface area contributed by atoms with Gasteiger partial charge in [-0.1, -0.05) is 66.7 Å². The molecule has 0 fully saturated rings. The molecule has 92 valence electrons. The number of hydrogen-bond donors (Lipinski definition) is 0. The van der Waals surface area contributed by atoms with Crippen molar-refractivity contribution < 1.29 is 0 Å². The maximum absolute atomic E-state index is 2.25. The van der Waals surface area contributed by atoms with Gasteiger partial charge in [0.15, 0.2) is 0 Å². The lowest BCUT2D eigenvalue weighted by Gasteiger charge is -2.04. The van der Waals surface area contributed by atoms with Crippen LogP contribution in [0.1, 0.15) is 30.0 Å². The Labute approximate surface area is 110 Å². The van der Waals surface area contributed by atoms with Gasteiger partial charge >= 0.3 is 0 Å². The van der Waals surface area contributed by atoms with Gasteiger partial charge in [-0.05, 0) is 42.9 Å². The van der Waals surface area contributed by atoms with Gasteiger partial charge in [0.1, 0.15) is 0 Å². The Hall–Kier alpha value is -1.82. The SMILES string of the molecule is CC=CCCc1ccc(Cc2ccccc2)cc1. The summed E-state index contributed by atoms with van der Waals surface area (Å²) in [7, 11) is 0. The van der Waals surface area contributed by atoms with Crippen molar-refractivity contribution in [3.05, 3.63) is 83.4 Å². The van der Waals surface area contributed by atoms with E-state index < -0.39 is 0 Å². The van der Waals surface area contributed by atoms with Gasteiger partial charge in [0.25, 0.3) is 0 Å². The molecular formula is C18H20. The van der Waals surface area contributed by atoms with E-state index in [1.807, 2.05) is 0 Å². The van der Waals surface area contributed by atoms with Crippen LogP contribution >= 0.6 is 0 Å².